The molecule has 1 saturated heterocycles. The van der Waals surface area contributed by atoms with Gasteiger partial charge in [0.1, 0.15) is 11.5 Å². The number of methoxy groups -OCH3 is 2. The van der Waals surface area contributed by atoms with Crippen LogP contribution in [-0.4, -0.2) is 69.7 Å². The topological polar surface area (TPSA) is 88.2 Å². The number of hydrogen-bond donors (Lipinski definition) is 1. The van der Waals surface area contributed by atoms with E-state index in [-0.39, 0.29) is 11.7 Å². The van der Waals surface area contributed by atoms with Crippen molar-refractivity contribution in [2.45, 2.75) is 13.5 Å². The van der Waals surface area contributed by atoms with Gasteiger partial charge in [-0.2, -0.15) is 4.31 Å². The first-order valence-electron chi connectivity index (χ1n) is 10.2. The van der Waals surface area contributed by atoms with Gasteiger partial charge in [-0.15, -0.1) is 0 Å². The summed E-state index contributed by atoms with van der Waals surface area (Å²) < 4.78 is 36.0. The van der Waals surface area contributed by atoms with E-state index in [1.165, 1.54) is 0 Å². The summed E-state index contributed by atoms with van der Waals surface area (Å²) in [5.74, 6) is 1.07. The largest absolute Gasteiger partial charge is 0.497 e. The Kier molecular flexibility index (Phi) is 7.53. The van der Waals surface area contributed by atoms with Gasteiger partial charge in [0.05, 0.1) is 25.7 Å². The van der Waals surface area contributed by atoms with E-state index in [1.807, 2.05) is 12.1 Å². The summed E-state index contributed by atoms with van der Waals surface area (Å²) in [5, 5.41) is 2.86. The Labute approximate surface area is 183 Å². The standard InChI is InChI=1S/C22H29N3O5S/c1-4-31(27,28)25-13-11-24(12-14-25)16-17-5-7-18(8-6-17)22(26)23-20-15-19(29-2)9-10-21(20)30-3/h5-10,15H,4,11-14,16H2,1-3H3,(H,23,26). The summed E-state index contributed by atoms with van der Waals surface area (Å²) in [6.07, 6.45) is 0. The molecule has 9 heteroatoms. The Balaban J connectivity index is 1.59. The van der Waals surface area contributed by atoms with Gasteiger partial charge in [0.15, 0.2) is 0 Å². The Bertz CT molecular complexity index is 1000. The third kappa shape index (κ3) is 5.75. The lowest BCUT2D eigenvalue weighted by Crippen LogP contribution is -2.48. The van der Waals surface area contributed by atoms with Crippen LogP contribution in [0.4, 0.5) is 5.69 Å². The van der Waals surface area contributed by atoms with Crippen molar-refractivity contribution in [3.05, 3.63) is 53.6 Å². The average Bonchev–Trinajstić information content (AvgIpc) is 2.79. The molecule has 1 fully saturated rings. The molecular formula is C22H29N3O5S. The van der Waals surface area contributed by atoms with Crippen LogP contribution < -0.4 is 14.8 Å². The Morgan fingerprint density at radius 1 is 1.00 bits per heavy atom. The van der Waals surface area contributed by atoms with E-state index in [0.29, 0.717) is 55.5 Å². The quantitative estimate of drug-likeness (QED) is 0.669. The van der Waals surface area contributed by atoms with Crippen LogP contribution in [0, 0.1) is 0 Å². The minimum atomic E-state index is -3.12. The van der Waals surface area contributed by atoms with E-state index in [4.69, 9.17) is 9.47 Å². The van der Waals surface area contributed by atoms with E-state index < -0.39 is 10.0 Å². The van der Waals surface area contributed by atoms with Crippen molar-refractivity contribution < 1.29 is 22.7 Å². The predicted octanol–water partition coefficient (Wildman–Crippen LogP) is 2.42. The molecule has 0 spiro atoms. The highest BCUT2D eigenvalue weighted by molar-refractivity contribution is 7.89. The van der Waals surface area contributed by atoms with Crippen molar-refractivity contribution in [2.75, 3.05) is 51.5 Å². The Morgan fingerprint density at radius 2 is 1.68 bits per heavy atom. The van der Waals surface area contributed by atoms with Gasteiger partial charge >= 0.3 is 0 Å². The van der Waals surface area contributed by atoms with E-state index in [1.54, 1.807) is 55.8 Å². The lowest BCUT2D eigenvalue weighted by atomic mass is 10.1. The molecule has 1 heterocycles. The van der Waals surface area contributed by atoms with Crippen molar-refractivity contribution in [2.24, 2.45) is 0 Å². The molecule has 1 aliphatic rings. The van der Waals surface area contributed by atoms with Crippen molar-refractivity contribution in [1.29, 1.82) is 0 Å². The van der Waals surface area contributed by atoms with Crippen LogP contribution in [0.3, 0.4) is 0 Å². The zero-order valence-corrected chi connectivity index (χ0v) is 18.9. The lowest BCUT2D eigenvalue weighted by molar-refractivity contribution is 0.102. The summed E-state index contributed by atoms with van der Waals surface area (Å²) in [6, 6.07) is 12.6. The monoisotopic (exact) mass is 447 g/mol. The summed E-state index contributed by atoms with van der Waals surface area (Å²) >= 11 is 0. The highest BCUT2D eigenvalue weighted by atomic mass is 32.2. The van der Waals surface area contributed by atoms with Crippen molar-refractivity contribution in [1.82, 2.24) is 9.21 Å². The third-order valence-corrected chi connectivity index (χ3v) is 7.25. The van der Waals surface area contributed by atoms with Gasteiger partial charge in [0.25, 0.3) is 5.91 Å². The van der Waals surface area contributed by atoms with Gasteiger partial charge < -0.3 is 14.8 Å². The predicted molar refractivity (Wildman–Crippen MR) is 120 cm³/mol. The average molecular weight is 448 g/mol. The fourth-order valence-electron chi connectivity index (χ4n) is 3.47. The molecule has 31 heavy (non-hydrogen) atoms. The fourth-order valence-corrected chi connectivity index (χ4v) is 4.56. The number of amides is 1. The summed E-state index contributed by atoms with van der Waals surface area (Å²) in [7, 11) is -0.0131. The minimum Gasteiger partial charge on any atom is -0.497 e. The van der Waals surface area contributed by atoms with Crippen LogP contribution in [-0.2, 0) is 16.6 Å². The highest BCUT2D eigenvalue weighted by Gasteiger charge is 2.25. The zero-order chi connectivity index (χ0) is 22.4. The van der Waals surface area contributed by atoms with Crippen LogP contribution in [0.1, 0.15) is 22.8 Å². The van der Waals surface area contributed by atoms with Gasteiger partial charge in [-0.3, -0.25) is 9.69 Å². The number of anilines is 1. The SMILES string of the molecule is CCS(=O)(=O)N1CCN(Cc2ccc(C(=O)Nc3cc(OC)ccc3OC)cc2)CC1. The summed E-state index contributed by atoms with van der Waals surface area (Å²) in [5.41, 5.74) is 2.14. The number of carbonyl (C=O) groups is 1. The molecule has 0 atom stereocenters. The number of rotatable bonds is 8. The van der Waals surface area contributed by atoms with Gasteiger partial charge in [-0.25, -0.2) is 8.42 Å². The number of sulfonamides is 1. The van der Waals surface area contributed by atoms with Crippen molar-refractivity contribution >= 4 is 21.6 Å². The maximum atomic E-state index is 12.7. The normalized spacial score (nSPS) is 15.5. The number of ether oxygens (including phenoxy) is 2. The molecule has 1 N–H and O–H groups in total. The maximum absolute atomic E-state index is 12.7. The van der Waals surface area contributed by atoms with Crippen LogP contribution in [0.15, 0.2) is 42.5 Å². The van der Waals surface area contributed by atoms with Crippen LogP contribution >= 0.6 is 0 Å². The highest BCUT2D eigenvalue weighted by Crippen LogP contribution is 2.29. The summed E-state index contributed by atoms with van der Waals surface area (Å²) in [6.45, 7) is 4.79. The number of hydrogen-bond acceptors (Lipinski definition) is 6. The Morgan fingerprint density at radius 3 is 2.26 bits per heavy atom. The second kappa shape index (κ2) is 10.1. The second-order valence-corrected chi connectivity index (χ2v) is 9.55. The first-order valence-corrected chi connectivity index (χ1v) is 11.8. The van der Waals surface area contributed by atoms with Gasteiger partial charge in [0, 0.05) is 44.4 Å². The number of benzene rings is 2. The van der Waals surface area contributed by atoms with E-state index in [9.17, 15) is 13.2 Å². The molecule has 0 radical (unpaired) electrons. The molecule has 8 nitrogen and oxygen atoms in total. The lowest BCUT2D eigenvalue weighted by Gasteiger charge is -2.33. The van der Waals surface area contributed by atoms with Crippen LogP contribution in [0.25, 0.3) is 0 Å². The van der Waals surface area contributed by atoms with Crippen LogP contribution in [0.2, 0.25) is 0 Å². The van der Waals surface area contributed by atoms with Gasteiger partial charge in [-0.05, 0) is 36.8 Å². The number of nitrogens with zero attached hydrogens (tertiary/aromatic N) is 2. The number of piperazine rings is 1. The maximum Gasteiger partial charge on any atom is 0.255 e. The molecular weight excluding hydrogens is 418 g/mol. The first kappa shape index (κ1) is 23.1. The van der Waals surface area contributed by atoms with E-state index >= 15 is 0 Å². The molecule has 3 rings (SSSR count). The smallest absolute Gasteiger partial charge is 0.255 e. The zero-order valence-electron chi connectivity index (χ0n) is 18.1. The number of carbonyl (C=O) groups excluding carboxylic acids is 1. The molecule has 0 bridgehead atoms. The fraction of sp³-hybridized carbons (Fsp3) is 0.409. The second-order valence-electron chi connectivity index (χ2n) is 7.29. The molecule has 2 aromatic carbocycles. The van der Waals surface area contributed by atoms with E-state index in [2.05, 4.69) is 10.2 Å². The third-order valence-electron chi connectivity index (χ3n) is 5.37. The molecule has 1 amide bonds. The van der Waals surface area contributed by atoms with E-state index in [0.717, 1.165) is 5.56 Å². The van der Waals surface area contributed by atoms with Gasteiger partial charge in [0.2, 0.25) is 10.0 Å². The molecule has 168 valence electrons. The van der Waals surface area contributed by atoms with Gasteiger partial charge in [-0.1, -0.05) is 12.1 Å². The molecule has 0 unspecified atom stereocenters. The minimum absolute atomic E-state index is 0.137. The first-order chi connectivity index (χ1) is 14.9. The Hall–Kier alpha value is -2.62. The summed E-state index contributed by atoms with van der Waals surface area (Å²) in [4.78, 5) is 14.9. The van der Waals surface area contributed by atoms with Crippen molar-refractivity contribution in [3.8, 4) is 11.5 Å². The molecule has 0 saturated carbocycles. The van der Waals surface area contributed by atoms with Crippen LogP contribution in [0.5, 0.6) is 11.5 Å². The van der Waals surface area contributed by atoms with Crippen molar-refractivity contribution in [3.63, 3.8) is 0 Å². The molecule has 2 aromatic rings. The molecule has 1 aliphatic heterocycles. The molecule has 0 aliphatic carbocycles. The molecule has 0 aromatic heterocycles. The number of nitrogens with one attached hydrogen (secondary N) is 1.